The number of aromatic nitrogens is 1. The predicted octanol–water partition coefficient (Wildman–Crippen LogP) is 2.00. The Kier molecular flexibility index (Phi) is 1.87. The molecule has 1 aliphatic heterocycles. The number of para-hydroxylation sites is 1. The van der Waals surface area contributed by atoms with Crippen molar-refractivity contribution in [2.75, 3.05) is 4.90 Å². The fourth-order valence-corrected chi connectivity index (χ4v) is 2.35. The van der Waals surface area contributed by atoms with Crippen LogP contribution < -0.4 is 4.90 Å². The number of hydrogen-bond donors (Lipinski definition) is 0. The number of anilines is 2. The van der Waals surface area contributed by atoms with E-state index in [1.165, 1.54) is 16.2 Å². The molecule has 1 aliphatic rings. The summed E-state index contributed by atoms with van der Waals surface area (Å²) >= 11 is 1.33. The van der Waals surface area contributed by atoms with Gasteiger partial charge in [0, 0.05) is 11.6 Å². The molecule has 0 unspecified atom stereocenters. The standard InChI is InChI=1S/C11H6N2O2S/c14-9-7-3-1-2-4-8(7)13(10(9)15)11-12-5-6-16-11/h1-6H. The van der Waals surface area contributed by atoms with Crippen molar-refractivity contribution >= 4 is 33.8 Å². The number of carbonyl (C=O) groups excluding carboxylic acids is 2. The first kappa shape index (κ1) is 9.23. The van der Waals surface area contributed by atoms with E-state index in [0.29, 0.717) is 16.4 Å². The second-order valence-electron chi connectivity index (χ2n) is 3.30. The maximum atomic E-state index is 11.8. The van der Waals surface area contributed by atoms with Gasteiger partial charge in [-0.05, 0) is 12.1 Å². The monoisotopic (exact) mass is 230 g/mol. The van der Waals surface area contributed by atoms with E-state index in [4.69, 9.17) is 0 Å². The summed E-state index contributed by atoms with van der Waals surface area (Å²) in [5, 5.41) is 2.30. The van der Waals surface area contributed by atoms with Crippen LogP contribution in [-0.2, 0) is 4.79 Å². The average molecular weight is 230 g/mol. The molecular formula is C11H6N2O2S. The smallest absolute Gasteiger partial charge is 0.283 e. The number of fused-ring (bicyclic) bond motifs is 1. The van der Waals surface area contributed by atoms with E-state index in [9.17, 15) is 9.59 Å². The van der Waals surface area contributed by atoms with Crippen LogP contribution in [0.1, 0.15) is 10.4 Å². The molecular weight excluding hydrogens is 224 g/mol. The molecule has 0 bridgehead atoms. The minimum Gasteiger partial charge on any atom is -0.283 e. The van der Waals surface area contributed by atoms with Gasteiger partial charge in [0.1, 0.15) is 0 Å². The summed E-state index contributed by atoms with van der Waals surface area (Å²) in [6.07, 6.45) is 1.61. The van der Waals surface area contributed by atoms with Gasteiger partial charge in [0.25, 0.3) is 5.78 Å². The summed E-state index contributed by atoms with van der Waals surface area (Å²) in [5.74, 6) is -0.998. The van der Waals surface area contributed by atoms with Crippen molar-refractivity contribution in [1.29, 1.82) is 0 Å². The van der Waals surface area contributed by atoms with Crippen LogP contribution in [0.2, 0.25) is 0 Å². The molecule has 5 heteroatoms. The second-order valence-corrected chi connectivity index (χ2v) is 4.17. The molecule has 0 spiro atoms. The molecule has 0 fully saturated rings. The number of nitrogens with zero attached hydrogens (tertiary/aromatic N) is 2. The first-order valence-electron chi connectivity index (χ1n) is 4.66. The van der Waals surface area contributed by atoms with Crippen molar-refractivity contribution < 1.29 is 9.59 Å². The highest BCUT2D eigenvalue weighted by Gasteiger charge is 2.37. The first-order valence-corrected chi connectivity index (χ1v) is 5.54. The van der Waals surface area contributed by atoms with E-state index in [2.05, 4.69) is 4.98 Å². The molecule has 0 saturated heterocycles. The van der Waals surface area contributed by atoms with Crippen LogP contribution in [0.25, 0.3) is 0 Å². The SMILES string of the molecule is O=C1C(=O)N(c2nccs2)c2ccccc21. The summed E-state index contributed by atoms with van der Waals surface area (Å²) < 4.78 is 0. The molecule has 2 heterocycles. The van der Waals surface area contributed by atoms with Gasteiger partial charge in [0.15, 0.2) is 5.13 Å². The normalized spacial score (nSPS) is 14.4. The quantitative estimate of drug-likeness (QED) is 0.704. The molecule has 0 atom stereocenters. The van der Waals surface area contributed by atoms with E-state index in [-0.39, 0.29) is 0 Å². The Bertz CT molecular complexity index is 577. The highest BCUT2D eigenvalue weighted by molar-refractivity contribution is 7.14. The molecule has 0 aliphatic carbocycles. The van der Waals surface area contributed by atoms with E-state index < -0.39 is 11.7 Å². The van der Waals surface area contributed by atoms with Gasteiger partial charge in [-0.25, -0.2) is 9.88 Å². The highest BCUT2D eigenvalue weighted by atomic mass is 32.1. The van der Waals surface area contributed by atoms with Crippen LogP contribution in [0.4, 0.5) is 10.8 Å². The number of benzene rings is 1. The summed E-state index contributed by atoms with van der Waals surface area (Å²) in [6, 6.07) is 6.95. The Morgan fingerprint density at radius 1 is 1.19 bits per heavy atom. The number of ketones is 1. The lowest BCUT2D eigenvalue weighted by Gasteiger charge is -2.11. The van der Waals surface area contributed by atoms with Crippen molar-refractivity contribution in [2.24, 2.45) is 0 Å². The van der Waals surface area contributed by atoms with Crippen molar-refractivity contribution in [2.45, 2.75) is 0 Å². The largest absolute Gasteiger partial charge is 0.305 e. The molecule has 16 heavy (non-hydrogen) atoms. The molecule has 0 N–H and O–H groups in total. The summed E-state index contributed by atoms with van der Waals surface area (Å²) in [4.78, 5) is 28.9. The van der Waals surface area contributed by atoms with Crippen LogP contribution in [-0.4, -0.2) is 16.7 Å². The van der Waals surface area contributed by atoms with Crippen LogP contribution in [0.3, 0.4) is 0 Å². The van der Waals surface area contributed by atoms with Crippen LogP contribution >= 0.6 is 11.3 Å². The predicted molar refractivity (Wildman–Crippen MR) is 60.0 cm³/mol. The highest BCUT2D eigenvalue weighted by Crippen LogP contribution is 2.35. The molecule has 3 rings (SSSR count). The molecule has 1 amide bonds. The van der Waals surface area contributed by atoms with Gasteiger partial charge in [0.05, 0.1) is 11.3 Å². The van der Waals surface area contributed by atoms with E-state index in [1.807, 2.05) is 0 Å². The number of amides is 1. The summed E-state index contributed by atoms with van der Waals surface area (Å²) in [5.41, 5.74) is 1.06. The van der Waals surface area contributed by atoms with Crippen molar-refractivity contribution in [3.8, 4) is 0 Å². The zero-order valence-electron chi connectivity index (χ0n) is 8.08. The lowest BCUT2D eigenvalue weighted by Crippen LogP contribution is -2.24. The van der Waals surface area contributed by atoms with E-state index >= 15 is 0 Å². The second kappa shape index (κ2) is 3.24. The molecule has 78 valence electrons. The van der Waals surface area contributed by atoms with Gasteiger partial charge < -0.3 is 0 Å². The molecule has 0 saturated carbocycles. The van der Waals surface area contributed by atoms with Gasteiger partial charge in [-0.3, -0.25) is 9.59 Å². The van der Waals surface area contributed by atoms with Crippen LogP contribution in [0, 0.1) is 0 Å². The lowest BCUT2D eigenvalue weighted by molar-refractivity contribution is -0.113. The van der Waals surface area contributed by atoms with Gasteiger partial charge in [-0.15, -0.1) is 11.3 Å². The number of Topliss-reactive ketones (excluding diaryl/α,β-unsaturated/α-hetero) is 1. The van der Waals surface area contributed by atoms with Crippen molar-refractivity contribution in [3.63, 3.8) is 0 Å². The topological polar surface area (TPSA) is 50.3 Å². The van der Waals surface area contributed by atoms with Gasteiger partial charge in [-0.1, -0.05) is 12.1 Å². The Morgan fingerprint density at radius 2 is 2.00 bits per heavy atom. The van der Waals surface area contributed by atoms with Gasteiger partial charge in [0.2, 0.25) is 0 Å². The van der Waals surface area contributed by atoms with Crippen molar-refractivity contribution in [1.82, 2.24) is 4.98 Å². The molecule has 1 aromatic carbocycles. The zero-order chi connectivity index (χ0) is 11.1. The van der Waals surface area contributed by atoms with E-state index in [0.717, 1.165) is 0 Å². The minimum absolute atomic E-state index is 0.447. The van der Waals surface area contributed by atoms with Crippen LogP contribution in [0.15, 0.2) is 35.8 Å². The number of rotatable bonds is 1. The first-order chi connectivity index (χ1) is 7.79. The number of carbonyl (C=O) groups is 2. The Hall–Kier alpha value is -2.01. The maximum Gasteiger partial charge on any atom is 0.305 e. The Labute approximate surface area is 95.2 Å². The van der Waals surface area contributed by atoms with Gasteiger partial charge >= 0.3 is 5.91 Å². The summed E-state index contributed by atoms with van der Waals surface area (Å²) in [7, 11) is 0. The number of hydrogen-bond acceptors (Lipinski definition) is 4. The average Bonchev–Trinajstić information content (AvgIpc) is 2.89. The number of thiazole rings is 1. The fourth-order valence-electron chi connectivity index (χ4n) is 1.70. The zero-order valence-corrected chi connectivity index (χ0v) is 8.90. The maximum absolute atomic E-state index is 11.8. The third-order valence-corrected chi connectivity index (χ3v) is 3.15. The lowest BCUT2D eigenvalue weighted by atomic mass is 10.1. The molecule has 0 radical (unpaired) electrons. The Balaban J connectivity index is 2.22. The summed E-state index contributed by atoms with van der Waals surface area (Å²) in [6.45, 7) is 0. The van der Waals surface area contributed by atoms with Gasteiger partial charge in [-0.2, -0.15) is 0 Å². The minimum atomic E-state index is -0.531. The third kappa shape index (κ3) is 1.12. The molecule has 1 aromatic heterocycles. The molecule has 4 nitrogen and oxygen atoms in total. The van der Waals surface area contributed by atoms with E-state index in [1.54, 1.807) is 35.8 Å². The fraction of sp³-hybridized carbons (Fsp3) is 0. The third-order valence-electron chi connectivity index (χ3n) is 2.40. The molecule has 2 aromatic rings. The Morgan fingerprint density at radius 3 is 2.75 bits per heavy atom. The van der Waals surface area contributed by atoms with Crippen LogP contribution in [0.5, 0.6) is 0 Å². The van der Waals surface area contributed by atoms with Crippen molar-refractivity contribution in [3.05, 3.63) is 41.4 Å².